The van der Waals surface area contributed by atoms with Crippen molar-refractivity contribution in [3.8, 4) is 0 Å². The Bertz CT molecular complexity index is 421. The van der Waals surface area contributed by atoms with E-state index in [-0.39, 0.29) is 11.6 Å². The third kappa shape index (κ3) is 6.09. The lowest BCUT2D eigenvalue weighted by Crippen LogP contribution is -2.39. The summed E-state index contributed by atoms with van der Waals surface area (Å²) in [6.07, 6.45) is -4.22. The average molecular weight is 309 g/mol. The first kappa shape index (κ1) is 17.2. The second kappa shape index (κ2) is 6.30. The largest absolute Gasteiger partial charge is 0.406 e. The van der Waals surface area contributed by atoms with Gasteiger partial charge in [0.05, 0.1) is 5.69 Å². The minimum absolute atomic E-state index is 0.0481. The maximum absolute atomic E-state index is 12.6. The van der Waals surface area contributed by atoms with E-state index < -0.39 is 12.7 Å². The Kier molecular flexibility index (Phi) is 5.43. The number of thiazole rings is 1. The van der Waals surface area contributed by atoms with E-state index in [0.29, 0.717) is 11.7 Å². The number of nitrogens with zero attached hydrogens (tertiary/aromatic N) is 2. The highest BCUT2D eigenvalue weighted by atomic mass is 32.1. The van der Waals surface area contributed by atoms with Crippen LogP contribution in [0.2, 0.25) is 0 Å². The zero-order valence-electron chi connectivity index (χ0n) is 12.5. The van der Waals surface area contributed by atoms with Crippen molar-refractivity contribution in [2.75, 3.05) is 11.4 Å². The number of halogens is 3. The first-order chi connectivity index (χ1) is 8.98. The van der Waals surface area contributed by atoms with Gasteiger partial charge in [0.1, 0.15) is 6.54 Å². The minimum Gasteiger partial charge on any atom is -0.337 e. The van der Waals surface area contributed by atoms with Gasteiger partial charge in [-0.3, -0.25) is 0 Å². The Balaban J connectivity index is 2.76. The Morgan fingerprint density at radius 3 is 2.35 bits per heavy atom. The fraction of sp³-hybridized carbons (Fsp3) is 0.769. The van der Waals surface area contributed by atoms with E-state index in [1.165, 1.54) is 16.2 Å². The van der Waals surface area contributed by atoms with E-state index in [4.69, 9.17) is 0 Å². The van der Waals surface area contributed by atoms with Gasteiger partial charge in [-0.25, -0.2) is 4.98 Å². The maximum atomic E-state index is 12.6. The molecule has 0 bridgehead atoms. The van der Waals surface area contributed by atoms with Crippen molar-refractivity contribution < 1.29 is 13.2 Å². The quantitative estimate of drug-likeness (QED) is 0.896. The van der Waals surface area contributed by atoms with Gasteiger partial charge in [-0.1, -0.05) is 0 Å². The van der Waals surface area contributed by atoms with Crippen molar-refractivity contribution in [3.05, 3.63) is 11.1 Å². The van der Waals surface area contributed by atoms with Gasteiger partial charge in [-0.15, -0.1) is 11.3 Å². The smallest absolute Gasteiger partial charge is 0.337 e. The summed E-state index contributed by atoms with van der Waals surface area (Å²) in [5.74, 6) is 0. The summed E-state index contributed by atoms with van der Waals surface area (Å²) >= 11 is 1.25. The zero-order chi connectivity index (χ0) is 15.6. The lowest BCUT2D eigenvalue weighted by atomic mass is 10.1. The fourth-order valence-electron chi connectivity index (χ4n) is 1.53. The summed E-state index contributed by atoms with van der Waals surface area (Å²) in [7, 11) is 0. The molecule has 1 heterocycles. The van der Waals surface area contributed by atoms with Gasteiger partial charge in [-0.05, 0) is 34.6 Å². The number of anilines is 1. The van der Waals surface area contributed by atoms with Crippen LogP contribution in [0.15, 0.2) is 5.38 Å². The van der Waals surface area contributed by atoms with Gasteiger partial charge in [-0.2, -0.15) is 13.2 Å². The van der Waals surface area contributed by atoms with Crippen molar-refractivity contribution in [1.29, 1.82) is 0 Å². The van der Waals surface area contributed by atoms with Gasteiger partial charge < -0.3 is 10.2 Å². The molecule has 0 radical (unpaired) electrons. The van der Waals surface area contributed by atoms with Crippen LogP contribution in [0.1, 0.15) is 40.3 Å². The molecule has 3 nitrogen and oxygen atoms in total. The van der Waals surface area contributed by atoms with E-state index in [0.717, 1.165) is 5.69 Å². The molecule has 0 spiro atoms. The molecule has 7 heteroatoms. The lowest BCUT2D eigenvalue weighted by Gasteiger charge is -2.27. The monoisotopic (exact) mass is 309 g/mol. The number of hydrogen-bond donors (Lipinski definition) is 1. The fourth-order valence-corrected chi connectivity index (χ4v) is 2.49. The molecule has 0 aliphatic carbocycles. The summed E-state index contributed by atoms with van der Waals surface area (Å²) in [6, 6.07) is -0.244. The summed E-state index contributed by atoms with van der Waals surface area (Å²) in [6.45, 7) is 9.15. The Hall–Kier alpha value is -0.820. The van der Waals surface area contributed by atoms with E-state index in [2.05, 4.69) is 10.3 Å². The normalized spacial score (nSPS) is 13.1. The molecular formula is C13H22F3N3S. The van der Waals surface area contributed by atoms with Gasteiger partial charge in [0.15, 0.2) is 5.13 Å². The van der Waals surface area contributed by atoms with E-state index in [9.17, 15) is 13.2 Å². The molecule has 1 aromatic rings. The van der Waals surface area contributed by atoms with Crippen LogP contribution in [0.3, 0.4) is 0 Å². The number of rotatable bonds is 5. The summed E-state index contributed by atoms with van der Waals surface area (Å²) in [4.78, 5) is 5.58. The molecule has 116 valence electrons. The topological polar surface area (TPSA) is 28.2 Å². The summed E-state index contributed by atoms with van der Waals surface area (Å²) in [5.41, 5.74) is 0.723. The van der Waals surface area contributed by atoms with Gasteiger partial charge >= 0.3 is 6.18 Å². The van der Waals surface area contributed by atoms with E-state index >= 15 is 0 Å². The van der Waals surface area contributed by atoms with Gasteiger partial charge in [0, 0.05) is 23.5 Å². The number of hydrogen-bond acceptors (Lipinski definition) is 4. The Labute approximate surface area is 122 Å². The minimum atomic E-state index is -4.22. The van der Waals surface area contributed by atoms with Crippen LogP contribution in [-0.2, 0) is 6.54 Å². The molecule has 0 aliphatic rings. The number of aromatic nitrogens is 1. The molecule has 0 aliphatic heterocycles. The van der Waals surface area contributed by atoms with Crippen LogP contribution in [0.5, 0.6) is 0 Å². The molecule has 0 saturated heterocycles. The summed E-state index contributed by atoms with van der Waals surface area (Å²) in [5, 5.41) is 5.50. The van der Waals surface area contributed by atoms with Crippen molar-refractivity contribution >= 4 is 16.5 Å². The molecular weight excluding hydrogens is 287 g/mol. The van der Waals surface area contributed by atoms with Crippen molar-refractivity contribution in [1.82, 2.24) is 10.3 Å². The van der Waals surface area contributed by atoms with E-state index in [1.807, 2.05) is 20.8 Å². The summed E-state index contributed by atoms with van der Waals surface area (Å²) < 4.78 is 37.8. The molecule has 0 fully saturated rings. The third-order valence-electron chi connectivity index (χ3n) is 2.56. The van der Waals surface area contributed by atoms with Crippen molar-refractivity contribution in [2.45, 2.75) is 58.9 Å². The number of alkyl halides is 3. The SMILES string of the molecule is CC(C)N(CC(F)(F)F)c1nc(CNC(C)(C)C)cs1. The predicted molar refractivity (Wildman–Crippen MR) is 77.2 cm³/mol. The molecule has 0 amide bonds. The van der Waals surface area contributed by atoms with E-state index in [1.54, 1.807) is 19.2 Å². The molecule has 1 N–H and O–H groups in total. The van der Waals surface area contributed by atoms with Crippen molar-refractivity contribution in [2.24, 2.45) is 0 Å². The average Bonchev–Trinajstić information content (AvgIpc) is 2.69. The van der Waals surface area contributed by atoms with Gasteiger partial charge in [0.2, 0.25) is 0 Å². The van der Waals surface area contributed by atoms with Crippen LogP contribution in [0.25, 0.3) is 0 Å². The molecule has 1 aromatic heterocycles. The molecule has 0 unspecified atom stereocenters. The predicted octanol–water partition coefficient (Wildman–Crippen LogP) is 3.81. The third-order valence-corrected chi connectivity index (χ3v) is 3.48. The lowest BCUT2D eigenvalue weighted by molar-refractivity contribution is -0.120. The Morgan fingerprint density at radius 2 is 1.90 bits per heavy atom. The Morgan fingerprint density at radius 1 is 1.30 bits per heavy atom. The van der Waals surface area contributed by atoms with Crippen molar-refractivity contribution in [3.63, 3.8) is 0 Å². The molecule has 0 saturated carbocycles. The highest BCUT2D eigenvalue weighted by Gasteiger charge is 2.33. The standard InChI is InChI=1S/C13H22F3N3S/c1-9(2)19(8-13(14,15)16)11-18-10(7-20-11)6-17-12(3,4)5/h7,9,17H,6,8H2,1-5H3. The molecule has 1 rings (SSSR count). The molecule has 0 atom stereocenters. The maximum Gasteiger partial charge on any atom is 0.406 e. The van der Waals surface area contributed by atoms with Gasteiger partial charge in [0.25, 0.3) is 0 Å². The first-order valence-corrected chi connectivity index (χ1v) is 7.39. The second-order valence-electron chi connectivity index (χ2n) is 6.06. The highest BCUT2D eigenvalue weighted by molar-refractivity contribution is 7.13. The first-order valence-electron chi connectivity index (χ1n) is 6.51. The second-order valence-corrected chi connectivity index (χ2v) is 6.90. The van der Waals surface area contributed by atoms with Crippen LogP contribution < -0.4 is 10.2 Å². The van der Waals surface area contributed by atoms with Crippen LogP contribution >= 0.6 is 11.3 Å². The zero-order valence-corrected chi connectivity index (χ0v) is 13.3. The molecule has 0 aromatic carbocycles. The number of nitrogens with one attached hydrogen (secondary N) is 1. The molecule has 20 heavy (non-hydrogen) atoms. The van der Waals surface area contributed by atoms with Crippen LogP contribution in [0, 0.1) is 0 Å². The highest BCUT2D eigenvalue weighted by Crippen LogP contribution is 2.27. The van der Waals surface area contributed by atoms with Crippen LogP contribution in [0.4, 0.5) is 18.3 Å². The van der Waals surface area contributed by atoms with Crippen LogP contribution in [-0.4, -0.2) is 29.3 Å².